The molecule has 9 heteroatoms. The van der Waals surface area contributed by atoms with E-state index in [1.54, 1.807) is 31.4 Å². The molecule has 1 aromatic heterocycles. The fraction of sp³-hybridized carbons (Fsp3) is 0.231. The Hall–Kier alpha value is -3.85. The number of anilines is 1. The summed E-state index contributed by atoms with van der Waals surface area (Å²) < 4.78 is 40.3. The number of benzene rings is 3. The Labute approximate surface area is 202 Å². The average molecular weight is 490 g/mol. The van der Waals surface area contributed by atoms with Crippen molar-refractivity contribution in [1.82, 2.24) is 4.90 Å². The number of furan rings is 1. The fourth-order valence-electron chi connectivity index (χ4n) is 4.92. The van der Waals surface area contributed by atoms with Crippen LogP contribution in [0, 0.1) is 5.92 Å². The average Bonchev–Trinajstić information content (AvgIpc) is 3.37. The van der Waals surface area contributed by atoms with Gasteiger partial charge in [-0.3, -0.25) is 4.79 Å². The second kappa shape index (κ2) is 8.13. The van der Waals surface area contributed by atoms with Crippen molar-refractivity contribution in [3.8, 4) is 5.75 Å². The Kier molecular flexibility index (Phi) is 5.03. The van der Waals surface area contributed by atoms with E-state index < -0.39 is 10.0 Å². The first-order chi connectivity index (χ1) is 16.9. The molecule has 8 nitrogen and oxygen atoms in total. The molecular formula is C26H23N3O5S. The van der Waals surface area contributed by atoms with Gasteiger partial charge in [0.05, 0.1) is 12.8 Å². The van der Waals surface area contributed by atoms with E-state index in [1.807, 2.05) is 41.3 Å². The number of nitrogens with one attached hydrogen (secondary N) is 1. The topological polar surface area (TPSA) is 101 Å². The van der Waals surface area contributed by atoms with Crippen LogP contribution >= 0.6 is 0 Å². The Morgan fingerprint density at radius 3 is 2.57 bits per heavy atom. The van der Waals surface area contributed by atoms with Gasteiger partial charge in [-0.05, 0) is 37.1 Å². The predicted octanol–water partition coefficient (Wildman–Crippen LogP) is 4.39. The van der Waals surface area contributed by atoms with Crippen molar-refractivity contribution in [3.05, 3.63) is 66.2 Å². The van der Waals surface area contributed by atoms with Crippen LogP contribution in [-0.4, -0.2) is 45.3 Å². The van der Waals surface area contributed by atoms with E-state index in [9.17, 15) is 13.2 Å². The summed E-state index contributed by atoms with van der Waals surface area (Å²) in [6.07, 6.45) is 1.17. The molecule has 4 aromatic rings. The lowest BCUT2D eigenvalue weighted by molar-refractivity contribution is -0.121. The third-order valence-corrected chi connectivity index (χ3v) is 8.06. The predicted molar refractivity (Wildman–Crippen MR) is 133 cm³/mol. The minimum absolute atomic E-state index is 0.0974. The zero-order chi connectivity index (χ0) is 24.2. The van der Waals surface area contributed by atoms with Gasteiger partial charge in [0.1, 0.15) is 21.8 Å². The van der Waals surface area contributed by atoms with Crippen molar-refractivity contribution in [3.63, 3.8) is 0 Å². The quantitative estimate of drug-likeness (QED) is 0.458. The number of amidine groups is 1. The Balaban J connectivity index is 1.19. The van der Waals surface area contributed by atoms with E-state index in [2.05, 4.69) is 9.71 Å². The van der Waals surface area contributed by atoms with Gasteiger partial charge in [-0.2, -0.15) is 8.42 Å². The molecule has 0 unspecified atom stereocenters. The van der Waals surface area contributed by atoms with Gasteiger partial charge in [-0.1, -0.05) is 30.3 Å². The molecule has 0 radical (unpaired) electrons. The number of nitrogens with zero attached hydrogens (tertiary/aromatic N) is 2. The molecule has 1 saturated heterocycles. The van der Waals surface area contributed by atoms with E-state index in [1.165, 1.54) is 0 Å². The van der Waals surface area contributed by atoms with E-state index in [0.717, 1.165) is 16.4 Å². The van der Waals surface area contributed by atoms with Gasteiger partial charge in [-0.15, -0.1) is 4.40 Å². The number of sulfonamides is 1. The zero-order valence-corrected chi connectivity index (χ0v) is 19.8. The third-order valence-electron chi connectivity index (χ3n) is 6.73. The SMILES string of the molecule is COc1cc2c(cc1NC(=O)C1CCN(C3=NS(=O)(=O)c4ccccc43)CC1)oc1ccccc12. The van der Waals surface area contributed by atoms with Gasteiger partial charge in [0.25, 0.3) is 10.0 Å². The number of hydrogen-bond donors (Lipinski definition) is 1. The molecule has 6 rings (SSSR count). The van der Waals surface area contributed by atoms with Gasteiger partial charge in [0.15, 0.2) is 5.84 Å². The fourth-order valence-corrected chi connectivity index (χ4v) is 6.15. The first kappa shape index (κ1) is 21.7. The van der Waals surface area contributed by atoms with E-state index in [0.29, 0.717) is 54.4 Å². The van der Waals surface area contributed by atoms with Gasteiger partial charge in [0.2, 0.25) is 5.91 Å². The molecule has 3 aromatic carbocycles. The number of methoxy groups -OCH3 is 1. The molecule has 1 N–H and O–H groups in total. The number of ether oxygens (including phenoxy) is 1. The summed E-state index contributed by atoms with van der Waals surface area (Å²) >= 11 is 0. The van der Waals surface area contributed by atoms with Gasteiger partial charge in [-0.25, -0.2) is 0 Å². The summed E-state index contributed by atoms with van der Waals surface area (Å²) in [6, 6.07) is 18.3. The number of likely N-dealkylation sites (tertiary alicyclic amines) is 1. The molecule has 1 amide bonds. The van der Waals surface area contributed by atoms with Crippen molar-refractivity contribution in [2.45, 2.75) is 17.7 Å². The molecule has 35 heavy (non-hydrogen) atoms. The van der Waals surface area contributed by atoms with Gasteiger partial charge < -0.3 is 19.4 Å². The lowest BCUT2D eigenvalue weighted by Crippen LogP contribution is -2.41. The highest BCUT2D eigenvalue weighted by Crippen LogP contribution is 2.37. The second-order valence-corrected chi connectivity index (χ2v) is 10.4. The van der Waals surface area contributed by atoms with Crippen molar-refractivity contribution in [2.24, 2.45) is 10.3 Å². The molecule has 0 spiro atoms. The Morgan fingerprint density at radius 1 is 1.03 bits per heavy atom. The maximum absolute atomic E-state index is 13.1. The summed E-state index contributed by atoms with van der Waals surface area (Å²) in [4.78, 5) is 15.3. The molecule has 0 aliphatic carbocycles. The van der Waals surface area contributed by atoms with Crippen molar-refractivity contribution >= 4 is 49.4 Å². The first-order valence-corrected chi connectivity index (χ1v) is 12.9. The number of para-hydroxylation sites is 1. The van der Waals surface area contributed by atoms with Gasteiger partial charge >= 0.3 is 0 Å². The maximum Gasteiger partial charge on any atom is 0.285 e. The smallest absolute Gasteiger partial charge is 0.285 e. The highest BCUT2D eigenvalue weighted by atomic mass is 32.2. The monoisotopic (exact) mass is 489 g/mol. The summed E-state index contributed by atoms with van der Waals surface area (Å²) in [7, 11) is -2.09. The normalized spacial score (nSPS) is 17.4. The van der Waals surface area contributed by atoms with Gasteiger partial charge in [0, 0.05) is 41.4 Å². The summed E-state index contributed by atoms with van der Waals surface area (Å²) in [5, 5.41) is 4.93. The highest BCUT2D eigenvalue weighted by molar-refractivity contribution is 7.90. The summed E-state index contributed by atoms with van der Waals surface area (Å²) in [5.41, 5.74) is 2.64. The molecule has 0 atom stereocenters. The van der Waals surface area contributed by atoms with Crippen molar-refractivity contribution in [1.29, 1.82) is 0 Å². The third kappa shape index (κ3) is 3.63. The Morgan fingerprint density at radius 2 is 1.77 bits per heavy atom. The van der Waals surface area contributed by atoms with Crippen molar-refractivity contribution < 1.29 is 22.4 Å². The molecule has 0 bridgehead atoms. The summed E-state index contributed by atoms with van der Waals surface area (Å²) in [5.74, 6) is 0.726. The molecule has 178 valence electrons. The molecule has 3 heterocycles. The molecule has 2 aliphatic heterocycles. The first-order valence-electron chi connectivity index (χ1n) is 11.4. The van der Waals surface area contributed by atoms with Crippen LogP contribution in [-0.2, 0) is 14.8 Å². The van der Waals surface area contributed by atoms with E-state index in [4.69, 9.17) is 9.15 Å². The number of carbonyl (C=O) groups excluding carboxylic acids is 1. The second-order valence-electron chi connectivity index (χ2n) is 8.78. The standard InChI is InChI=1S/C26H23N3O5S/c1-33-23-14-19-17-6-2-4-8-21(17)34-22(19)15-20(23)27-26(30)16-10-12-29(13-11-16)25-18-7-3-5-9-24(18)35(31,32)28-25/h2-9,14-16H,10-13H2,1H3,(H,27,30). The maximum atomic E-state index is 13.1. The lowest BCUT2D eigenvalue weighted by atomic mass is 9.95. The van der Waals surface area contributed by atoms with Crippen LogP contribution in [0.15, 0.2) is 74.4 Å². The molecule has 0 saturated carbocycles. The molecular weight excluding hydrogens is 466 g/mol. The zero-order valence-electron chi connectivity index (χ0n) is 19.0. The van der Waals surface area contributed by atoms with E-state index in [-0.39, 0.29) is 16.7 Å². The van der Waals surface area contributed by atoms with Crippen LogP contribution < -0.4 is 10.1 Å². The van der Waals surface area contributed by atoms with Crippen LogP contribution in [0.1, 0.15) is 18.4 Å². The Bertz CT molecular complexity index is 1610. The minimum Gasteiger partial charge on any atom is -0.495 e. The van der Waals surface area contributed by atoms with Crippen LogP contribution in [0.4, 0.5) is 5.69 Å². The number of amides is 1. The number of rotatable bonds is 3. The van der Waals surface area contributed by atoms with Crippen LogP contribution in [0.5, 0.6) is 5.75 Å². The number of carbonyl (C=O) groups is 1. The lowest BCUT2D eigenvalue weighted by Gasteiger charge is -2.32. The van der Waals surface area contributed by atoms with E-state index >= 15 is 0 Å². The highest BCUT2D eigenvalue weighted by Gasteiger charge is 2.34. The number of piperidine rings is 1. The van der Waals surface area contributed by atoms with Crippen LogP contribution in [0.25, 0.3) is 21.9 Å². The number of hydrogen-bond acceptors (Lipinski definition) is 6. The van der Waals surface area contributed by atoms with Crippen LogP contribution in [0.2, 0.25) is 0 Å². The number of fused-ring (bicyclic) bond motifs is 4. The minimum atomic E-state index is -3.67. The van der Waals surface area contributed by atoms with Crippen molar-refractivity contribution in [2.75, 3.05) is 25.5 Å². The molecule has 1 fully saturated rings. The largest absolute Gasteiger partial charge is 0.495 e. The summed E-state index contributed by atoms with van der Waals surface area (Å²) in [6.45, 7) is 1.08. The van der Waals surface area contributed by atoms with Crippen LogP contribution in [0.3, 0.4) is 0 Å². The molecule has 2 aliphatic rings.